The highest BCUT2D eigenvalue weighted by Gasteiger charge is 2.31. The summed E-state index contributed by atoms with van der Waals surface area (Å²) in [6.45, 7) is 1.69. The van der Waals surface area contributed by atoms with E-state index in [0.29, 0.717) is 11.8 Å². The fourth-order valence-corrected chi connectivity index (χ4v) is 1.90. The molecule has 6 heteroatoms. The molecule has 1 N–H and O–H groups in total. The van der Waals surface area contributed by atoms with Gasteiger partial charge in [-0.1, -0.05) is 6.07 Å². The highest BCUT2D eigenvalue weighted by molar-refractivity contribution is 5.51. The number of alkyl halides is 3. The van der Waals surface area contributed by atoms with Crippen molar-refractivity contribution in [1.82, 2.24) is 0 Å². The monoisotopic (exact) mass is 301 g/mol. The molecule has 0 atom stereocenters. The first-order chi connectivity index (χ1) is 9.75. The third-order valence-electron chi connectivity index (χ3n) is 2.97. The van der Waals surface area contributed by atoms with Crippen LogP contribution in [0.25, 0.3) is 0 Å². The van der Waals surface area contributed by atoms with Crippen molar-refractivity contribution in [2.75, 3.05) is 5.32 Å². The normalized spacial score (nSPS) is 11.5. The standard InChI is InChI=1S/C15H12F5N/c1-9-2-3-12(16)7-14(9)21-8-10-4-11(15(18,19)20)6-13(17)5-10/h2-7,21H,8H2,1H3. The first-order valence-electron chi connectivity index (χ1n) is 6.12. The van der Waals surface area contributed by atoms with E-state index in [2.05, 4.69) is 5.32 Å². The zero-order chi connectivity index (χ0) is 15.6. The second-order valence-corrected chi connectivity index (χ2v) is 4.66. The van der Waals surface area contributed by atoms with E-state index in [1.165, 1.54) is 12.1 Å². The summed E-state index contributed by atoms with van der Waals surface area (Å²) in [5, 5.41) is 2.80. The van der Waals surface area contributed by atoms with Crippen LogP contribution < -0.4 is 5.32 Å². The van der Waals surface area contributed by atoms with Gasteiger partial charge in [0.1, 0.15) is 11.6 Å². The van der Waals surface area contributed by atoms with Crippen LogP contribution in [-0.2, 0) is 12.7 Å². The zero-order valence-corrected chi connectivity index (χ0v) is 11.1. The topological polar surface area (TPSA) is 12.0 Å². The zero-order valence-electron chi connectivity index (χ0n) is 11.1. The van der Waals surface area contributed by atoms with Gasteiger partial charge in [0.2, 0.25) is 0 Å². The highest BCUT2D eigenvalue weighted by atomic mass is 19.4. The highest BCUT2D eigenvalue weighted by Crippen LogP contribution is 2.30. The predicted octanol–water partition coefficient (Wildman–Crippen LogP) is 4.90. The summed E-state index contributed by atoms with van der Waals surface area (Å²) in [6.07, 6.45) is -4.61. The average Bonchev–Trinajstić information content (AvgIpc) is 2.38. The van der Waals surface area contributed by atoms with Crippen LogP contribution in [0, 0.1) is 18.6 Å². The molecule has 0 amide bonds. The summed E-state index contributed by atoms with van der Waals surface area (Å²) in [5.41, 5.74) is 0.276. The lowest BCUT2D eigenvalue weighted by Crippen LogP contribution is -2.08. The Morgan fingerprint density at radius 1 is 0.952 bits per heavy atom. The number of anilines is 1. The molecule has 0 aliphatic heterocycles. The van der Waals surface area contributed by atoms with Crippen molar-refractivity contribution in [3.05, 3.63) is 64.7 Å². The molecule has 112 valence electrons. The molecule has 0 unspecified atom stereocenters. The molecular weight excluding hydrogens is 289 g/mol. The Balaban J connectivity index is 2.20. The number of rotatable bonds is 3. The minimum absolute atomic E-state index is 0.0366. The first kappa shape index (κ1) is 15.3. The molecule has 0 spiro atoms. The summed E-state index contributed by atoms with van der Waals surface area (Å²) in [5.74, 6) is -1.42. The fourth-order valence-electron chi connectivity index (χ4n) is 1.90. The van der Waals surface area contributed by atoms with Crippen LogP contribution in [0.3, 0.4) is 0 Å². The fraction of sp³-hybridized carbons (Fsp3) is 0.200. The molecule has 0 heterocycles. The molecule has 0 saturated carbocycles. The van der Waals surface area contributed by atoms with Gasteiger partial charge in [0.05, 0.1) is 5.56 Å². The molecule has 2 rings (SSSR count). The lowest BCUT2D eigenvalue weighted by molar-refractivity contribution is -0.137. The molecule has 0 fully saturated rings. The number of benzene rings is 2. The lowest BCUT2D eigenvalue weighted by atomic mass is 10.1. The van der Waals surface area contributed by atoms with Gasteiger partial charge in [-0.2, -0.15) is 13.2 Å². The van der Waals surface area contributed by atoms with Crippen LogP contribution in [0.5, 0.6) is 0 Å². The summed E-state index contributed by atoms with van der Waals surface area (Å²) >= 11 is 0. The molecule has 0 aromatic heterocycles. The molecule has 0 aliphatic rings. The third kappa shape index (κ3) is 3.93. The van der Waals surface area contributed by atoms with Crippen molar-refractivity contribution < 1.29 is 22.0 Å². The van der Waals surface area contributed by atoms with E-state index in [1.807, 2.05) is 0 Å². The van der Waals surface area contributed by atoms with E-state index in [-0.39, 0.29) is 12.1 Å². The van der Waals surface area contributed by atoms with Gasteiger partial charge in [0.15, 0.2) is 0 Å². The molecule has 0 bridgehead atoms. The summed E-state index contributed by atoms with van der Waals surface area (Å²) in [4.78, 5) is 0. The lowest BCUT2D eigenvalue weighted by Gasteiger charge is -2.12. The van der Waals surface area contributed by atoms with Crippen LogP contribution in [0.15, 0.2) is 36.4 Å². The van der Waals surface area contributed by atoms with Crippen molar-refractivity contribution >= 4 is 5.69 Å². The molecule has 0 saturated heterocycles. The van der Waals surface area contributed by atoms with Crippen LogP contribution in [-0.4, -0.2) is 0 Å². The van der Waals surface area contributed by atoms with Crippen molar-refractivity contribution in [3.63, 3.8) is 0 Å². The molecule has 21 heavy (non-hydrogen) atoms. The first-order valence-corrected chi connectivity index (χ1v) is 6.12. The maximum Gasteiger partial charge on any atom is 0.416 e. The SMILES string of the molecule is Cc1ccc(F)cc1NCc1cc(F)cc(C(F)(F)F)c1. The number of hydrogen-bond acceptors (Lipinski definition) is 1. The van der Waals surface area contributed by atoms with Crippen LogP contribution in [0.4, 0.5) is 27.6 Å². The Morgan fingerprint density at radius 2 is 1.67 bits per heavy atom. The van der Waals surface area contributed by atoms with Crippen LogP contribution >= 0.6 is 0 Å². The Hall–Kier alpha value is -2.11. The van der Waals surface area contributed by atoms with Gasteiger partial charge in [-0.25, -0.2) is 8.78 Å². The van der Waals surface area contributed by atoms with Crippen molar-refractivity contribution in [2.45, 2.75) is 19.6 Å². The smallest absolute Gasteiger partial charge is 0.381 e. The predicted molar refractivity (Wildman–Crippen MR) is 69.9 cm³/mol. The second kappa shape index (κ2) is 5.71. The molecule has 2 aromatic carbocycles. The van der Waals surface area contributed by atoms with Crippen molar-refractivity contribution in [2.24, 2.45) is 0 Å². The van der Waals surface area contributed by atoms with Gasteiger partial charge in [-0.3, -0.25) is 0 Å². The quantitative estimate of drug-likeness (QED) is 0.795. The maximum absolute atomic E-state index is 13.2. The van der Waals surface area contributed by atoms with Crippen LogP contribution in [0.2, 0.25) is 0 Å². The minimum atomic E-state index is -4.61. The van der Waals surface area contributed by atoms with Gasteiger partial charge in [0, 0.05) is 12.2 Å². The molecule has 2 aromatic rings. The third-order valence-corrected chi connectivity index (χ3v) is 2.97. The van der Waals surface area contributed by atoms with Gasteiger partial charge in [-0.05, 0) is 48.4 Å². The number of aryl methyl sites for hydroxylation is 1. The van der Waals surface area contributed by atoms with E-state index in [9.17, 15) is 22.0 Å². The van der Waals surface area contributed by atoms with E-state index in [0.717, 1.165) is 17.7 Å². The molecule has 0 aliphatic carbocycles. The van der Waals surface area contributed by atoms with Gasteiger partial charge in [-0.15, -0.1) is 0 Å². The number of hydrogen-bond donors (Lipinski definition) is 1. The van der Waals surface area contributed by atoms with E-state index >= 15 is 0 Å². The largest absolute Gasteiger partial charge is 0.416 e. The van der Waals surface area contributed by atoms with Crippen molar-refractivity contribution in [1.29, 1.82) is 0 Å². The number of nitrogens with one attached hydrogen (secondary N) is 1. The summed E-state index contributed by atoms with van der Waals surface area (Å²) in [6, 6.07) is 6.38. The summed E-state index contributed by atoms with van der Waals surface area (Å²) < 4.78 is 64.1. The Labute approximate surface area is 118 Å². The van der Waals surface area contributed by atoms with E-state index in [4.69, 9.17) is 0 Å². The van der Waals surface area contributed by atoms with E-state index < -0.39 is 23.4 Å². The van der Waals surface area contributed by atoms with E-state index in [1.54, 1.807) is 13.0 Å². The molecular formula is C15H12F5N. The minimum Gasteiger partial charge on any atom is -0.381 e. The number of halogens is 5. The van der Waals surface area contributed by atoms with Crippen LogP contribution in [0.1, 0.15) is 16.7 Å². The van der Waals surface area contributed by atoms with Gasteiger partial charge in [0.25, 0.3) is 0 Å². The summed E-state index contributed by atoms with van der Waals surface area (Å²) in [7, 11) is 0. The average molecular weight is 301 g/mol. The van der Waals surface area contributed by atoms with Gasteiger partial charge >= 0.3 is 6.18 Å². The van der Waals surface area contributed by atoms with Gasteiger partial charge < -0.3 is 5.32 Å². The maximum atomic E-state index is 13.2. The Bertz CT molecular complexity index is 649. The second-order valence-electron chi connectivity index (χ2n) is 4.66. The molecule has 0 radical (unpaired) electrons. The van der Waals surface area contributed by atoms with Crippen molar-refractivity contribution in [3.8, 4) is 0 Å². The Kier molecular flexibility index (Phi) is 4.16. The Morgan fingerprint density at radius 3 is 2.33 bits per heavy atom. The molecule has 1 nitrogen and oxygen atoms in total.